The third kappa shape index (κ3) is 3.44. The molecule has 1 aliphatic rings. The Morgan fingerprint density at radius 1 is 1.46 bits per heavy atom. The second-order valence-electron chi connectivity index (χ2n) is 2.84. The van der Waals surface area contributed by atoms with Gasteiger partial charge in [-0.1, -0.05) is 25.2 Å². The van der Waals surface area contributed by atoms with E-state index in [1.807, 2.05) is 0 Å². The number of alkyl halides is 3. The highest BCUT2D eigenvalue weighted by molar-refractivity contribution is 7.84. The van der Waals surface area contributed by atoms with Crippen LogP contribution >= 0.6 is 12.6 Å². The van der Waals surface area contributed by atoms with E-state index in [0.717, 1.165) is 0 Å². The van der Waals surface area contributed by atoms with E-state index < -0.39 is 12.5 Å². The van der Waals surface area contributed by atoms with Crippen LogP contribution in [0.15, 0.2) is 23.1 Å². The van der Waals surface area contributed by atoms with Crippen LogP contribution in [0.3, 0.4) is 0 Å². The predicted molar refractivity (Wildman–Crippen MR) is 46.3 cm³/mol. The average Bonchev–Trinajstić information content (AvgIpc) is 1.93. The number of ether oxygens (including phenoxy) is 1. The van der Waals surface area contributed by atoms with E-state index in [-0.39, 0.29) is 5.92 Å². The Bertz CT molecular complexity index is 244. The average molecular weight is 210 g/mol. The first kappa shape index (κ1) is 10.7. The van der Waals surface area contributed by atoms with Gasteiger partial charge in [-0.3, -0.25) is 4.74 Å². The molecule has 0 aromatic heterocycles. The van der Waals surface area contributed by atoms with Gasteiger partial charge in [0.2, 0.25) is 0 Å². The molecule has 13 heavy (non-hydrogen) atoms. The summed E-state index contributed by atoms with van der Waals surface area (Å²) < 4.78 is 39.3. The molecule has 5 heteroatoms. The maximum Gasteiger partial charge on any atom is 0.523 e. The number of rotatable bonds is 1. The van der Waals surface area contributed by atoms with E-state index in [4.69, 9.17) is 0 Å². The molecule has 1 aliphatic carbocycles. The lowest BCUT2D eigenvalue weighted by Gasteiger charge is -2.22. The summed E-state index contributed by atoms with van der Waals surface area (Å²) in [6.45, 7) is 1.65. The van der Waals surface area contributed by atoms with Crippen LogP contribution in [0.2, 0.25) is 0 Å². The summed E-state index contributed by atoms with van der Waals surface area (Å²) in [7, 11) is 0. The minimum absolute atomic E-state index is 0.306. The molecular weight excluding hydrogens is 201 g/mol. The maximum atomic E-state index is 11.8. The Labute approximate surface area is 79.7 Å². The summed E-state index contributed by atoms with van der Waals surface area (Å²) in [5, 5.41) is 0. The van der Waals surface area contributed by atoms with Crippen LogP contribution in [0.5, 0.6) is 0 Å². The van der Waals surface area contributed by atoms with E-state index in [2.05, 4.69) is 17.4 Å². The minimum Gasteiger partial charge on any atom is -0.284 e. The molecule has 0 heterocycles. The molecule has 0 radical (unpaired) electrons. The summed E-state index contributed by atoms with van der Waals surface area (Å²) in [5.41, 5.74) is 0. The van der Waals surface area contributed by atoms with Crippen molar-refractivity contribution >= 4 is 12.6 Å². The molecule has 0 aromatic carbocycles. The fourth-order valence-corrected chi connectivity index (χ4v) is 1.41. The Kier molecular flexibility index (Phi) is 3.08. The first-order chi connectivity index (χ1) is 5.88. The van der Waals surface area contributed by atoms with Gasteiger partial charge in [-0.05, 0) is 0 Å². The fraction of sp³-hybridized carbons (Fsp3) is 0.500. The SMILES string of the molecule is CC1C=C(S)C=CC1OC(F)(F)F. The topological polar surface area (TPSA) is 9.23 Å². The summed E-state index contributed by atoms with van der Waals surface area (Å²) in [6.07, 6.45) is -1.03. The number of hydrogen-bond donors (Lipinski definition) is 1. The molecule has 1 rings (SSSR count). The van der Waals surface area contributed by atoms with Gasteiger partial charge in [0.05, 0.1) is 6.10 Å². The minimum atomic E-state index is -4.58. The quantitative estimate of drug-likeness (QED) is 0.655. The Balaban J connectivity index is 2.60. The van der Waals surface area contributed by atoms with Gasteiger partial charge in [-0.25, -0.2) is 0 Å². The van der Waals surface area contributed by atoms with Gasteiger partial charge in [-0.2, -0.15) is 0 Å². The standard InChI is InChI=1S/C8H9F3OS/c1-5-4-6(13)2-3-7(5)12-8(9,10)11/h2-5,7,13H,1H3. The Morgan fingerprint density at radius 3 is 2.54 bits per heavy atom. The van der Waals surface area contributed by atoms with Crippen molar-refractivity contribution in [2.45, 2.75) is 19.4 Å². The van der Waals surface area contributed by atoms with E-state index in [1.165, 1.54) is 12.2 Å². The third-order valence-corrected chi connectivity index (χ3v) is 1.98. The highest BCUT2D eigenvalue weighted by Gasteiger charge is 2.34. The number of allylic oxidation sites excluding steroid dienone is 1. The molecule has 2 atom stereocenters. The van der Waals surface area contributed by atoms with Gasteiger partial charge in [-0.15, -0.1) is 25.8 Å². The van der Waals surface area contributed by atoms with Gasteiger partial charge >= 0.3 is 6.36 Å². The van der Waals surface area contributed by atoms with Crippen molar-refractivity contribution in [1.29, 1.82) is 0 Å². The molecule has 0 saturated carbocycles. The third-order valence-electron chi connectivity index (χ3n) is 1.68. The zero-order valence-corrected chi connectivity index (χ0v) is 7.77. The zero-order chi connectivity index (χ0) is 10.1. The van der Waals surface area contributed by atoms with Gasteiger partial charge in [0.15, 0.2) is 0 Å². The van der Waals surface area contributed by atoms with Crippen LogP contribution in [0.4, 0.5) is 13.2 Å². The van der Waals surface area contributed by atoms with E-state index in [0.29, 0.717) is 4.91 Å². The number of halogens is 3. The Morgan fingerprint density at radius 2 is 2.08 bits per heavy atom. The van der Waals surface area contributed by atoms with Gasteiger partial charge in [0.1, 0.15) is 0 Å². The monoisotopic (exact) mass is 210 g/mol. The molecule has 0 fully saturated rings. The molecule has 0 bridgehead atoms. The first-order valence-electron chi connectivity index (χ1n) is 3.72. The number of hydrogen-bond acceptors (Lipinski definition) is 2. The van der Waals surface area contributed by atoms with Crippen molar-refractivity contribution < 1.29 is 17.9 Å². The van der Waals surface area contributed by atoms with Crippen molar-refractivity contribution in [1.82, 2.24) is 0 Å². The van der Waals surface area contributed by atoms with Crippen molar-refractivity contribution in [2.75, 3.05) is 0 Å². The molecule has 0 spiro atoms. The smallest absolute Gasteiger partial charge is 0.284 e. The summed E-state index contributed by atoms with van der Waals surface area (Å²) >= 11 is 4.01. The van der Waals surface area contributed by atoms with Crippen LogP contribution in [0.1, 0.15) is 6.92 Å². The molecule has 1 nitrogen and oxygen atoms in total. The largest absolute Gasteiger partial charge is 0.523 e. The fourth-order valence-electron chi connectivity index (χ4n) is 1.09. The van der Waals surface area contributed by atoms with E-state index in [1.54, 1.807) is 13.0 Å². The van der Waals surface area contributed by atoms with Crippen LogP contribution < -0.4 is 0 Å². The van der Waals surface area contributed by atoms with Gasteiger partial charge < -0.3 is 0 Å². The van der Waals surface area contributed by atoms with Crippen LogP contribution in [0, 0.1) is 5.92 Å². The highest BCUT2D eigenvalue weighted by atomic mass is 32.1. The van der Waals surface area contributed by atoms with Crippen molar-refractivity contribution in [3.05, 3.63) is 23.1 Å². The Hall–Kier alpha value is -0.420. The van der Waals surface area contributed by atoms with Crippen molar-refractivity contribution in [3.8, 4) is 0 Å². The van der Waals surface area contributed by atoms with Crippen LogP contribution in [0.25, 0.3) is 0 Å². The molecule has 0 N–H and O–H groups in total. The van der Waals surface area contributed by atoms with Crippen molar-refractivity contribution in [2.24, 2.45) is 5.92 Å². The normalized spacial score (nSPS) is 28.8. The summed E-state index contributed by atoms with van der Waals surface area (Å²) in [5.74, 6) is -0.306. The highest BCUT2D eigenvalue weighted by Crippen LogP contribution is 2.27. The summed E-state index contributed by atoms with van der Waals surface area (Å²) in [6, 6.07) is 0. The van der Waals surface area contributed by atoms with Crippen LogP contribution in [-0.4, -0.2) is 12.5 Å². The van der Waals surface area contributed by atoms with E-state index >= 15 is 0 Å². The van der Waals surface area contributed by atoms with E-state index in [9.17, 15) is 13.2 Å². The van der Waals surface area contributed by atoms with Crippen LogP contribution in [-0.2, 0) is 4.74 Å². The molecular formula is C8H9F3OS. The summed E-state index contributed by atoms with van der Waals surface area (Å²) in [4.78, 5) is 0.662. The second-order valence-corrected chi connectivity index (χ2v) is 3.35. The molecule has 2 unspecified atom stereocenters. The predicted octanol–water partition coefficient (Wildman–Crippen LogP) is 2.91. The molecule has 0 saturated heterocycles. The zero-order valence-electron chi connectivity index (χ0n) is 6.88. The lowest BCUT2D eigenvalue weighted by Crippen LogP contribution is -2.28. The lowest BCUT2D eigenvalue weighted by molar-refractivity contribution is -0.339. The number of thiol groups is 1. The van der Waals surface area contributed by atoms with Gasteiger partial charge in [0, 0.05) is 10.8 Å². The molecule has 74 valence electrons. The maximum absolute atomic E-state index is 11.8. The van der Waals surface area contributed by atoms with Crippen molar-refractivity contribution in [3.63, 3.8) is 0 Å². The first-order valence-corrected chi connectivity index (χ1v) is 4.17. The lowest BCUT2D eigenvalue weighted by atomic mass is 10.00. The molecule has 0 aliphatic heterocycles. The van der Waals surface area contributed by atoms with Gasteiger partial charge in [0.25, 0.3) is 0 Å². The second kappa shape index (κ2) is 3.75. The molecule has 0 aromatic rings. The molecule has 0 amide bonds.